The monoisotopic (exact) mass is 236 g/mol. The Morgan fingerprint density at radius 2 is 2.24 bits per heavy atom. The zero-order chi connectivity index (χ0) is 12.8. The quantitative estimate of drug-likeness (QED) is 0.793. The normalized spacial score (nSPS) is 11.6. The number of carboxylic acid groups (broad SMARTS) is 1. The molecule has 0 aliphatic carbocycles. The van der Waals surface area contributed by atoms with Crippen molar-refractivity contribution in [1.82, 2.24) is 0 Å². The summed E-state index contributed by atoms with van der Waals surface area (Å²) in [5, 5.41) is 17.5. The molecule has 0 aromatic heterocycles. The van der Waals surface area contributed by atoms with Gasteiger partial charge in [0.05, 0.1) is 17.7 Å². The number of anilines is 1. The first-order valence-corrected chi connectivity index (χ1v) is 5.15. The summed E-state index contributed by atoms with van der Waals surface area (Å²) in [7, 11) is 0. The first kappa shape index (κ1) is 13.0. The van der Waals surface area contributed by atoms with Crippen LogP contribution in [-0.2, 0) is 4.79 Å². The number of nitrogens with zero attached hydrogens (tertiary/aromatic N) is 2. The molecule has 5 heteroatoms. The Balaban J connectivity index is 2.91. The van der Waals surface area contributed by atoms with Gasteiger partial charge in [0.1, 0.15) is 12.4 Å². The van der Waals surface area contributed by atoms with E-state index in [-0.39, 0.29) is 18.8 Å². The number of carboxylic acids is 1. The highest BCUT2D eigenvalue weighted by molar-refractivity contribution is 5.70. The van der Waals surface area contributed by atoms with Gasteiger partial charge in [-0.2, -0.15) is 5.26 Å². The van der Waals surface area contributed by atoms with Crippen molar-refractivity contribution in [3.05, 3.63) is 30.1 Å². The third-order valence-corrected chi connectivity index (χ3v) is 2.37. The summed E-state index contributed by atoms with van der Waals surface area (Å²) in [6.07, 6.45) is 0. The van der Waals surface area contributed by atoms with Gasteiger partial charge in [0.2, 0.25) is 0 Å². The van der Waals surface area contributed by atoms with E-state index in [0.717, 1.165) is 0 Å². The highest BCUT2D eigenvalue weighted by Crippen LogP contribution is 2.19. The Kier molecular flexibility index (Phi) is 4.46. The summed E-state index contributed by atoms with van der Waals surface area (Å²) in [4.78, 5) is 12.2. The van der Waals surface area contributed by atoms with Crippen LogP contribution in [0.4, 0.5) is 10.1 Å². The summed E-state index contributed by atoms with van der Waals surface area (Å²) in [6, 6.07) is 7.91. The molecule has 90 valence electrons. The van der Waals surface area contributed by atoms with E-state index in [4.69, 9.17) is 10.4 Å². The third-order valence-electron chi connectivity index (χ3n) is 2.37. The number of nitriles is 1. The number of rotatable bonds is 5. The summed E-state index contributed by atoms with van der Waals surface area (Å²) in [6.45, 7) is 1.58. The Morgan fingerprint density at radius 1 is 1.59 bits per heavy atom. The molecule has 1 rings (SSSR count). The number of hydrogen-bond donors (Lipinski definition) is 1. The minimum Gasteiger partial charge on any atom is -0.481 e. The highest BCUT2D eigenvalue weighted by Gasteiger charge is 2.18. The van der Waals surface area contributed by atoms with Gasteiger partial charge in [-0.3, -0.25) is 4.79 Å². The molecule has 0 saturated heterocycles. The first-order valence-electron chi connectivity index (χ1n) is 5.15. The van der Waals surface area contributed by atoms with E-state index in [1.54, 1.807) is 12.1 Å². The van der Waals surface area contributed by atoms with Gasteiger partial charge in [-0.15, -0.1) is 0 Å². The largest absolute Gasteiger partial charge is 0.481 e. The summed E-state index contributed by atoms with van der Waals surface area (Å²) >= 11 is 0. The van der Waals surface area contributed by atoms with E-state index in [1.165, 1.54) is 24.0 Å². The number of halogens is 1. The molecule has 1 N–H and O–H groups in total. The van der Waals surface area contributed by atoms with Crippen molar-refractivity contribution in [1.29, 1.82) is 5.26 Å². The summed E-state index contributed by atoms with van der Waals surface area (Å²) < 4.78 is 13.5. The molecule has 17 heavy (non-hydrogen) atoms. The molecule has 1 aromatic carbocycles. The van der Waals surface area contributed by atoms with Crippen LogP contribution in [0.25, 0.3) is 0 Å². The van der Waals surface area contributed by atoms with Crippen LogP contribution in [0.2, 0.25) is 0 Å². The van der Waals surface area contributed by atoms with Crippen LogP contribution in [-0.4, -0.2) is 24.2 Å². The second-order valence-corrected chi connectivity index (χ2v) is 3.73. The molecule has 0 heterocycles. The molecule has 1 unspecified atom stereocenters. The molecule has 1 aromatic rings. The maximum atomic E-state index is 13.5. The van der Waals surface area contributed by atoms with Crippen molar-refractivity contribution < 1.29 is 14.3 Å². The van der Waals surface area contributed by atoms with Crippen molar-refractivity contribution in [3.63, 3.8) is 0 Å². The molecule has 0 spiro atoms. The second-order valence-electron chi connectivity index (χ2n) is 3.73. The zero-order valence-corrected chi connectivity index (χ0v) is 9.43. The van der Waals surface area contributed by atoms with Gasteiger partial charge >= 0.3 is 5.97 Å². The number of benzene rings is 1. The van der Waals surface area contributed by atoms with Crippen LogP contribution in [0.5, 0.6) is 0 Å². The third kappa shape index (κ3) is 3.45. The van der Waals surface area contributed by atoms with Gasteiger partial charge < -0.3 is 10.0 Å². The average Bonchev–Trinajstić information content (AvgIpc) is 2.29. The molecule has 1 atom stereocenters. The van der Waals surface area contributed by atoms with Crippen molar-refractivity contribution in [2.75, 3.05) is 18.0 Å². The van der Waals surface area contributed by atoms with Crippen LogP contribution in [0.15, 0.2) is 24.3 Å². The van der Waals surface area contributed by atoms with Crippen molar-refractivity contribution in [2.24, 2.45) is 5.92 Å². The van der Waals surface area contributed by atoms with E-state index in [1.807, 2.05) is 6.07 Å². The number of aliphatic carboxylic acids is 1. The maximum Gasteiger partial charge on any atom is 0.308 e. The van der Waals surface area contributed by atoms with Gasteiger partial charge in [0, 0.05) is 6.54 Å². The fourth-order valence-electron chi connectivity index (χ4n) is 1.45. The number of carbonyl (C=O) groups is 1. The zero-order valence-electron chi connectivity index (χ0n) is 9.43. The lowest BCUT2D eigenvalue weighted by Crippen LogP contribution is -2.32. The molecule has 0 radical (unpaired) electrons. The summed E-state index contributed by atoms with van der Waals surface area (Å²) in [5.74, 6) is -2.09. The van der Waals surface area contributed by atoms with E-state index < -0.39 is 17.7 Å². The lowest BCUT2D eigenvalue weighted by atomic mass is 10.1. The molecular weight excluding hydrogens is 223 g/mol. The van der Waals surface area contributed by atoms with Crippen molar-refractivity contribution in [3.8, 4) is 6.07 Å². The highest BCUT2D eigenvalue weighted by atomic mass is 19.1. The van der Waals surface area contributed by atoms with Crippen molar-refractivity contribution >= 4 is 11.7 Å². The Labute approximate surface area is 98.9 Å². The minimum atomic E-state index is -0.968. The molecule has 0 saturated carbocycles. The van der Waals surface area contributed by atoms with Gasteiger partial charge in [-0.25, -0.2) is 4.39 Å². The smallest absolute Gasteiger partial charge is 0.308 e. The minimum absolute atomic E-state index is 0.0431. The molecule has 0 amide bonds. The predicted octanol–water partition coefficient (Wildman–Crippen LogP) is 1.88. The standard InChI is InChI=1S/C12H13FN2O2/c1-9(12(16)17)8-15(7-6-14)11-5-3-2-4-10(11)13/h2-5,9H,7-8H2,1H3,(H,16,17). The van der Waals surface area contributed by atoms with E-state index in [0.29, 0.717) is 0 Å². The molecule has 4 nitrogen and oxygen atoms in total. The van der Waals surface area contributed by atoms with Gasteiger partial charge in [0.15, 0.2) is 0 Å². The SMILES string of the molecule is CC(CN(CC#N)c1ccccc1F)C(=O)O. The molecule has 0 aliphatic rings. The number of para-hydroxylation sites is 1. The predicted molar refractivity (Wildman–Crippen MR) is 61.0 cm³/mol. The van der Waals surface area contributed by atoms with E-state index in [2.05, 4.69) is 0 Å². The second kappa shape index (κ2) is 5.85. The van der Waals surface area contributed by atoms with Crippen LogP contribution in [0.1, 0.15) is 6.92 Å². The maximum absolute atomic E-state index is 13.5. The first-order chi connectivity index (χ1) is 8.06. The van der Waals surface area contributed by atoms with Crippen LogP contribution >= 0.6 is 0 Å². The van der Waals surface area contributed by atoms with Crippen LogP contribution in [0.3, 0.4) is 0 Å². The molecular formula is C12H13FN2O2. The lowest BCUT2D eigenvalue weighted by Gasteiger charge is -2.24. The van der Waals surface area contributed by atoms with E-state index >= 15 is 0 Å². The van der Waals surface area contributed by atoms with Crippen LogP contribution < -0.4 is 4.90 Å². The molecule has 0 aliphatic heterocycles. The Morgan fingerprint density at radius 3 is 2.76 bits per heavy atom. The summed E-state index contributed by atoms with van der Waals surface area (Å²) in [5.41, 5.74) is 0.252. The topological polar surface area (TPSA) is 64.3 Å². The van der Waals surface area contributed by atoms with Gasteiger partial charge in [-0.05, 0) is 12.1 Å². The Bertz CT molecular complexity index is 442. The van der Waals surface area contributed by atoms with Crippen LogP contribution in [0, 0.1) is 23.1 Å². The van der Waals surface area contributed by atoms with Gasteiger partial charge in [-0.1, -0.05) is 19.1 Å². The van der Waals surface area contributed by atoms with Gasteiger partial charge in [0.25, 0.3) is 0 Å². The fraction of sp³-hybridized carbons (Fsp3) is 0.333. The molecule has 0 bridgehead atoms. The fourth-order valence-corrected chi connectivity index (χ4v) is 1.45. The lowest BCUT2D eigenvalue weighted by molar-refractivity contribution is -0.140. The van der Waals surface area contributed by atoms with Crippen molar-refractivity contribution in [2.45, 2.75) is 6.92 Å². The Hall–Kier alpha value is -2.09. The average molecular weight is 236 g/mol. The van der Waals surface area contributed by atoms with E-state index in [9.17, 15) is 9.18 Å². The molecule has 0 fully saturated rings. The number of hydrogen-bond acceptors (Lipinski definition) is 3.